The molecule has 2 aromatic rings. The molecule has 0 N–H and O–H groups in total. The number of hydrogen-bond acceptors (Lipinski definition) is 1. The topological polar surface area (TPSA) is 26.9 Å². The van der Waals surface area contributed by atoms with Gasteiger partial charge in [0.1, 0.15) is 0 Å². The molecule has 0 aliphatic heterocycles. The summed E-state index contributed by atoms with van der Waals surface area (Å²) in [6, 6.07) is 7.19. The summed E-state index contributed by atoms with van der Waals surface area (Å²) in [5.74, 6) is 0. The molecule has 0 saturated carbocycles. The molecule has 1 aromatic carbocycles. The van der Waals surface area contributed by atoms with Gasteiger partial charge in [0.25, 0.3) is 0 Å². The molecule has 0 aliphatic rings. The van der Waals surface area contributed by atoms with Gasteiger partial charge in [-0.1, -0.05) is 35.3 Å². The largest absolute Gasteiger partial charge is 0.619 e. The fourth-order valence-electron chi connectivity index (χ4n) is 1.60. The van der Waals surface area contributed by atoms with Crippen molar-refractivity contribution in [2.45, 2.75) is 6.92 Å². The third-order valence-corrected chi connectivity index (χ3v) is 3.19. The molecular weight excluding hydrogens is 245 g/mol. The molecule has 16 heavy (non-hydrogen) atoms. The molecule has 1 aromatic heterocycles. The van der Waals surface area contributed by atoms with Crippen molar-refractivity contribution >= 4 is 23.2 Å². The van der Waals surface area contributed by atoms with Crippen molar-refractivity contribution in [2.75, 3.05) is 0 Å². The Bertz CT molecular complexity index is 541. The van der Waals surface area contributed by atoms with Crippen LogP contribution in [0.1, 0.15) is 5.56 Å². The van der Waals surface area contributed by atoms with Gasteiger partial charge >= 0.3 is 0 Å². The average Bonchev–Trinajstić information content (AvgIpc) is 2.23. The third kappa shape index (κ3) is 1.99. The quantitative estimate of drug-likeness (QED) is 0.564. The van der Waals surface area contributed by atoms with Crippen LogP contribution in [0.3, 0.4) is 0 Å². The summed E-state index contributed by atoms with van der Waals surface area (Å²) in [4.78, 5) is 0. The Hall–Kier alpha value is -1.25. The van der Waals surface area contributed by atoms with E-state index in [1.165, 1.54) is 12.4 Å². The number of rotatable bonds is 1. The summed E-state index contributed by atoms with van der Waals surface area (Å²) in [7, 11) is 0. The van der Waals surface area contributed by atoms with Crippen LogP contribution in [0.2, 0.25) is 10.0 Å². The molecule has 0 unspecified atom stereocenters. The molecule has 82 valence electrons. The fraction of sp³-hybridized carbons (Fsp3) is 0.0833. The Morgan fingerprint density at radius 3 is 2.56 bits per heavy atom. The highest BCUT2D eigenvalue weighted by Gasteiger charge is 2.10. The minimum absolute atomic E-state index is 0.510. The van der Waals surface area contributed by atoms with Gasteiger partial charge in [-0.15, -0.1) is 0 Å². The Morgan fingerprint density at radius 1 is 1.12 bits per heavy atom. The molecule has 0 aliphatic carbocycles. The van der Waals surface area contributed by atoms with Gasteiger partial charge in [0.2, 0.25) is 0 Å². The van der Waals surface area contributed by atoms with Gasteiger partial charge in [-0.2, -0.15) is 4.73 Å². The predicted octanol–water partition coefficient (Wildman–Crippen LogP) is 3.60. The first-order valence-electron chi connectivity index (χ1n) is 4.73. The van der Waals surface area contributed by atoms with Crippen LogP contribution in [-0.4, -0.2) is 0 Å². The number of benzene rings is 1. The molecule has 2 nitrogen and oxygen atoms in total. The van der Waals surface area contributed by atoms with Gasteiger partial charge in [0, 0.05) is 17.2 Å². The van der Waals surface area contributed by atoms with E-state index in [2.05, 4.69) is 0 Å². The maximum atomic E-state index is 11.1. The van der Waals surface area contributed by atoms with Crippen LogP contribution in [0, 0.1) is 12.1 Å². The summed E-state index contributed by atoms with van der Waals surface area (Å²) in [5.41, 5.74) is 2.62. The lowest BCUT2D eigenvalue weighted by molar-refractivity contribution is -0.605. The van der Waals surface area contributed by atoms with Gasteiger partial charge in [0.05, 0.1) is 10.0 Å². The van der Waals surface area contributed by atoms with Crippen LogP contribution in [0.25, 0.3) is 11.1 Å². The van der Waals surface area contributed by atoms with E-state index in [1.807, 2.05) is 19.1 Å². The van der Waals surface area contributed by atoms with Gasteiger partial charge < -0.3 is 5.21 Å². The molecule has 4 heteroatoms. The second kappa shape index (κ2) is 4.32. The van der Waals surface area contributed by atoms with E-state index in [4.69, 9.17) is 23.2 Å². The van der Waals surface area contributed by atoms with Crippen molar-refractivity contribution in [2.24, 2.45) is 0 Å². The monoisotopic (exact) mass is 253 g/mol. The highest BCUT2D eigenvalue weighted by atomic mass is 35.5. The molecule has 0 amide bonds. The van der Waals surface area contributed by atoms with Crippen molar-refractivity contribution in [1.82, 2.24) is 0 Å². The maximum Gasteiger partial charge on any atom is 0.183 e. The number of hydrogen-bond donors (Lipinski definition) is 0. The van der Waals surface area contributed by atoms with Crippen molar-refractivity contribution < 1.29 is 4.73 Å². The van der Waals surface area contributed by atoms with E-state index in [-0.39, 0.29) is 0 Å². The van der Waals surface area contributed by atoms with Crippen LogP contribution < -0.4 is 4.73 Å². The summed E-state index contributed by atoms with van der Waals surface area (Å²) in [5, 5.41) is 12.1. The number of aromatic nitrogens is 1. The summed E-state index contributed by atoms with van der Waals surface area (Å²) in [6.07, 6.45) is 2.95. The van der Waals surface area contributed by atoms with Crippen molar-refractivity contribution in [1.29, 1.82) is 0 Å². The average molecular weight is 254 g/mol. The molecule has 0 radical (unpaired) electrons. The van der Waals surface area contributed by atoms with Gasteiger partial charge in [0.15, 0.2) is 12.4 Å². The first-order valence-corrected chi connectivity index (χ1v) is 5.49. The van der Waals surface area contributed by atoms with Crippen molar-refractivity contribution in [3.05, 3.63) is 57.5 Å². The molecule has 0 spiro atoms. The highest BCUT2D eigenvalue weighted by molar-refractivity contribution is 6.43. The van der Waals surface area contributed by atoms with E-state index in [0.29, 0.717) is 10.0 Å². The molecule has 1 heterocycles. The SMILES string of the molecule is Cc1c[n+]([O-])ccc1-c1cccc(Cl)c1Cl. The van der Waals surface area contributed by atoms with Crippen LogP contribution in [0.4, 0.5) is 0 Å². The van der Waals surface area contributed by atoms with E-state index in [0.717, 1.165) is 21.4 Å². The smallest absolute Gasteiger partial charge is 0.183 e. The first kappa shape index (κ1) is 11.2. The summed E-state index contributed by atoms with van der Waals surface area (Å²) < 4.78 is 0.761. The normalized spacial score (nSPS) is 10.4. The minimum Gasteiger partial charge on any atom is -0.619 e. The second-order valence-electron chi connectivity index (χ2n) is 3.50. The van der Waals surface area contributed by atoms with E-state index < -0.39 is 0 Å². The lowest BCUT2D eigenvalue weighted by Gasteiger charge is -2.08. The Labute approximate surface area is 104 Å². The fourth-order valence-corrected chi connectivity index (χ4v) is 2.00. The number of aryl methyl sites for hydroxylation is 1. The molecule has 0 fully saturated rings. The zero-order valence-corrected chi connectivity index (χ0v) is 10.1. The van der Waals surface area contributed by atoms with Crippen LogP contribution in [0.15, 0.2) is 36.7 Å². The van der Waals surface area contributed by atoms with Crippen LogP contribution in [0.5, 0.6) is 0 Å². The van der Waals surface area contributed by atoms with Gasteiger partial charge in [-0.3, -0.25) is 0 Å². The second-order valence-corrected chi connectivity index (χ2v) is 4.29. The lowest BCUT2D eigenvalue weighted by atomic mass is 10.0. The zero-order valence-electron chi connectivity index (χ0n) is 8.58. The Morgan fingerprint density at radius 2 is 1.88 bits per heavy atom. The highest BCUT2D eigenvalue weighted by Crippen LogP contribution is 2.34. The van der Waals surface area contributed by atoms with E-state index >= 15 is 0 Å². The molecule has 2 rings (SSSR count). The van der Waals surface area contributed by atoms with Crippen molar-refractivity contribution in [3.8, 4) is 11.1 Å². The molecular formula is C12H9Cl2NO. The summed E-state index contributed by atoms with van der Waals surface area (Å²) in [6.45, 7) is 1.86. The van der Waals surface area contributed by atoms with Crippen LogP contribution in [-0.2, 0) is 0 Å². The van der Waals surface area contributed by atoms with E-state index in [1.54, 1.807) is 12.1 Å². The number of nitrogens with zero attached hydrogens (tertiary/aromatic N) is 1. The number of halogens is 2. The molecule has 0 bridgehead atoms. The summed E-state index contributed by atoms with van der Waals surface area (Å²) >= 11 is 12.1. The molecule has 0 saturated heterocycles. The first-order chi connectivity index (χ1) is 7.59. The van der Waals surface area contributed by atoms with Crippen LogP contribution >= 0.6 is 23.2 Å². The van der Waals surface area contributed by atoms with Crippen molar-refractivity contribution in [3.63, 3.8) is 0 Å². The predicted molar refractivity (Wildman–Crippen MR) is 65.6 cm³/mol. The minimum atomic E-state index is 0.510. The standard InChI is InChI=1S/C12H9Cl2NO/c1-8-7-15(16)6-5-9(8)10-3-2-4-11(13)12(10)14/h2-7H,1H3. The Kier molecular flexibility index (Phi) is 3.03. The number of pyridine rings is 1. The maximum absolute atomic E-state index is 11.1. The lowest BCUT2D eigenvalue weighted by Crippen LogP contribution is -2.24. The van der Waals surface area contributed by atoms with E-state index in [9.17, 15) is 5.21 Å². The van der Waals surface area contributed by atoms with Gasteiger partial charge in [-0.05, 0) is 18.6 Å². The molecule has 0 atom stereocenters. The Balaban J connectivity index is 2.63. The van der Waals surface area contributed by atoms with Gasteiger partial charge in [-0.25, -0.2) is 0 Å². The zero-order chi connectivity index (χ0) is 11.7. The third-order valence-electron chi connectivity index (χ3n) is 2.38.